The molecule has 162 valence electrons. The molecule has 9 heteroatoms. The summed E-state index contributed by atoms with van der Waals surface area (Å²) in [5, 5.41) is 9.59. The molecular formula is C21H28N4O4S. The van der Waals surface area contributed by atoms with Crippen molar-refractivity contribution in [3.05, 3.63) is 34.1 Å². The third-order valence-electron chi connectivity index (χ3n) is 6.08. The second kappa shape index (κ2) is 9.26. The second-order valence-corrected chi connectivity index (χ2v) is 8.73. The summed E-state index contributed by atoms with van der Waals surface area (Å²) < 4.78 is 16.8. The van der Waals surface area contributed by atoms with E-state index in [9.17, 15) is 9.59 Å². The van der Waals surface area contributed by atoms with Crippen LogP contribution in [0.3, 0.4) is 0 Å². The van der Waals surface area contributed by atoms with E-state index in [1.807, 2.05) is 11.6 Å². The van der Waals surface area contributed by atoms with Crippen molar-refractivity contribution < 1.29 is 19.1 Å². The number of aryl methyl sites for hydroxylation is 2. The molecule has 2 aromatic rings. The van der Waals surface area contributed by atoms with Gasteiger partial charge in [0.1, 0.15) is 0 Å². The molecule has 0 unspecified atom stereocenters. The lowest BCUT2D eigenvalue weighted by Gasteiger charge is -2.36. The van der Waals surface area contributed by atoms with E-state index in [0.717, 1.165) is 68.7 Å². The van der Waals surface area contributed by atoms with Gasteiger partial charge < -0.3 is 14.8 Å². The number of rotatable bonds is 7. The zero-order chi connectivity index (χ0) is 21.0. The molecule has 0 aromatic carbocycles. The first-order chi connectivity index (χ1) is 14.6. The van der Waals surface area contributed by atoms with Gasteiger partial charge in [0.05, 0.1) is 35.3 Å². The number of hydrogen-bond donors (Lipinski definition) is 1. The van der Waals surface area contributed by atoms with Crippen molar-refractivity contribution in [3.8, 4) is 0 Å². The molecule has 4 rings (SSSR count). The summed E-state index contributed by atoms with van der Waals surface area (Å²) in [6, 6.07) is 0. The number of esters is 1. The molecule has 2 aliphatic rings. The van der Waals surface area contributed by atoms with Gasteiger partial charge in [-0.05, 0) is 55.5 Å². The molecule has 1 spiro atoms. The Kier molecular flexibility index (Phi) is 6.48. The fraction of sp³-hybridized carbons (Fsp3) is 0.619. The average molecular weight is 433 g/mol. The van der Waals surface area contributed by atoms with Crippen LogP contribution in [0.1, 0.15) is 64.7 Å². The van der Waals surface area contributed by atoms with Crippen molar-refractivity contribution in [3.63, 3.8) is 0 Å². The van der Waals surface area contributed by atoms with Gasteiger partial charge in [-0.3, -0.25) is 9.48 Å². The molecular weight excluding hydrogens is 404 g/mol. The Balaban J connectivity index is 1.41. The number of nitrogens with one attached hydrogen (secondary N) is 1. The zero-order valence-corrected chi connectivity index (χ0v) is 18.1. The Labute approximate surface area is 180 Å². The van der Waals surface area contributed by atoms with Gasteiger partial charge in [-0.1, -0.05) is 6.92 Å². The summed E-state index contributed by atoms with van der Waals surface area (Å²) in [7, 11) is 0. The van der Waals surface area contributed by atoms with Crippen LogP contribution >= 0.6 is 11.5 Å². The molecule has 1 saturated heterocycles. The van der Waals surface area contributed by atoms with Crippen LogP contribution in [0.4, 0.5) is 0 Å². The van der Waals surface area contributed by atoms with Crippen LogP contribution < -0.4 is 5.32 Å². The minimum Gasteiger partial charge on any atom is -0.462 e. The van der Waals surface area contributed by atoms with Crippen molar-refractivity contribution in [2.24, 2.45) is 5.41 Å². The number of unbranched alkanes of at least 4 members (excludes halogenated alkanes) is 1. The first-order valence-corrected chi connectivity index (χ1v) is 11.5. The van der Waals surface area contributed by atoms with E-state index in [1.165, 1.54) is 17.7 Å². The number of aromatic nitrogens is 3. The number of ether oxygens (including phenoxy) is 2. The minimum absolute atomic E-state index is 0.00484. The first-order valence-electron chi connectivity index (χ1n) is 10.6. The van der Waals surface area contributed by atoms with Gasteiger partial charge in [0, 0.05) is 31.7 Å². The standard InChI is InChI=1S/C21H28N4O4S/c1-2-16-18-17(11-21(14-22-19(18)26)5-9-28-10-6-21)25(24-16)7-3-4-8-29-20(27)15-12-23-30-13-15/h12-13H,2-11,14H2,1H3,(H,22,26). The molecule has 30 heavy (non-hydrogen) atoms. The smallest absolute Gasteiger partial charge is 0.340 e. The van der Waals surface area contributed by atoms with Gasteiger partial charge in [0.25, 0.3) is 5.91 Å². The lowest BCUT2D eigenvalue weighted by molar-refractivity contribution is 0.0152. The Bertz CT molecular complexity index is 887. The summed E-state index contributed by atoms with van der Waals surface area (Å²) in [6.45, 7) is 5.28. The molecule has 2 aliphatic heterocycles. The Morgan fingerprint density at radius 3 is 2.93 bits per heavy atom. The van der Waals surface area contributed by atoms with Crippen molar-refractivity contribution in [2.75, 3.05) is 26.4 Å². The van der Waals surface area contributed by atoms with Gasteiger partial charge >= 0.3 is 5.97 Å². The molecule has 1 fully saturated rings. The molecule has 2 aromatic heterocycles. The van der Waals surface area contributed by atoms with E-state index in [0.29, 0.717) is 25.3 Å². The van der Waals surface area contributed by atoms with E-state index < -0.39 is 0 Å². The lowest BCUT2D eigenvalue weighted by atomic mass is 9.76. The largest absolute Gasteiger partial charge is 0.462 e. The zero-order valence-electron chi connectivity index (χ0n) is 17.3. The molecule has 0 atom stereocenters. The van der Waals surface area contributed by atoms with Crippen LogP contribution in [0.5, 0.6) is 0 Å². The molecule has 0 radical (unpaired) electrons. The predicted octanol–water partition coefficient (Wildman–Crippen LogP) is 2.62. The summed E-state index contributed by atoms with van der Waals surface area (Å²) in [4.78, 5) is 24.7. The number of amides is 1. The lowest BCUT2D eigenvalue weighted by Crippen LogP contribution is -2.40. The maximum absolute atomic E-state index is 12.8. The normalized spacial score (nSPS) is 18.0. The number of carbonyl (C=O) groups is 2. The molecule has 0 aliphatic carbocycles. The van der Waals surface area contributed by atoms with Crippen LogP contribution in [0, 0.1) is 5.41 Å². The van der Waals surface area contributed by atoms with E-state index in [2.05, 4.69) is 9.69 Å². The molecule has 8 nitrogen and oxygen atoms in total. The summed E-state index contributed by atoms with van der Waals surface area (Å²) >= 11 is 1.23. The predicted molar refractivity (Wildman–Crippen MR) is 112 cm³/mol. The minimum atomic E-state index is -0.330. The number of nitrogens with zero attached hydrogens (tertiary/aromatic N) is 3. The Morgan fingerprint density at radius 1 is 1.37 bits per heavy atom. The Hall–Kier alpha value is -2.26. The highest BCUT2D eigenvalue weighted by Gasteiger charge is 2.39. The average Bonchev–Trinajstić information content (AvgIpc) is 3.38. The van der Waals surface area contributed by atoms with Crippen molar-refractivity contribution >= 4 is 23.4 Å². The molecule has 1 N–H and O–H groups in total. The van der Waals surface area contributed by atoms with Crippen LogP contribution in [0.2, 0.25) is 0 Å². The highest BCUT2D eigenvalue weighted by Crippen LogP contribution is 2.37. The number of hydrogen-bond acceptors (Lipinski definition) is 7. The highest BCUT2D eigenvalue weighted by atomic mass is 32.1. The third-order valence-corrected chi connectivity index (χ3v) is 6.66. The summed E-state index contributed by atoms with van der Waals surface area (Å²) in [5.74, 6) is -0.335. The summed E-state index contributed by atoms with van der Waals surface area (Å²) in [5.41, 5.74) is 3.22. The number of carbonyl (C=O) groups excluding carboxylic acids is 2. The quantitative estimate of drug-likeness (QED) is 0.534. The van der Waals surface area contributed by atoms with E-state index in [4.69, 9.17) is 14.6 Å². The Morgan fingerprint density at radius 2 is 2.20 bits per heavy atom. The molecule has 0 saturated carbocycles. The molecule has 0 bridgehead atoms. The SMILES string of the molecule is CCc1nn(CCCCOC(=O)c2cnsc2)c2c1C(=O)NCC1(CCOCC1)C2. The maximum Gasteiger partial charge on any atom is 0.340 e. The van der Waals surface area contributed by atoms with Gasteiger partial charge in [0.15, 0.2) is 0 Å². The monoisotopic (exact) mass is 432 g/mol. The van der Waals surface area contributed by atoms with Gasteiger partial charge in [-0.25, -0.2) is 9.17 Å². The fourth-order valence-corrected chi connectivity index (χ4v) is 4.78. The topological polar surface area (TPSA) is 95.3 Å². The molecule has 4 heterocycles. The second-order valence-electron chi connectivity index (χ2n) is 8.07. The first kappa shape index (κ1) is 21.0. The highest BCUT2D eigenvalue weighted by molar-refractivity contribution is 7.03. The van der Waals surface area contributed by atoms with Gasteiger partial charge in [-0.15, -0.1) is 0 Å². The van der Waals surface area contributed by atoms with Gasteiger partial charge in [-0.2, -0.15) is 5.10 Å². The van der Waals surface area contributed by atoms with E-state index in [-0.39, 0.29) is 17.3 Å². The summed E-state index contributed by atoms with van der Waals surface area (Å²) in [6.07, 6.45) is 6.56. The van der Waals surface area contributed by atoms with Crippen LogP contribution in [0.15, 0.2) is 11.6 Å². The van der Waals surface area contributed by atoms with Crippen LogP contribution in [0.25, 0.3) is 0 Å². The third kappa shape index (κ3) is 4.41. The van der Waals surface area contributed by atoms with Gasteiger partial charge in [0.2, 0.25) is 0 Å². The van der Waals surface area contributed by atoms with Crippen LogP contribution in [-0.4, -0.2) is 52.4 Å². The van der Waals surface area contributed by atoms with Crippen molar-refractivity contribution in [2.45, 2.75) is 52.0 Å². The molecule has 1 amide bonds. The van der Waals surface area contributed by atoms with Crippen LogP contribution in [-0.2, 0) is 28.9 Å². The van der Waals surface area contributed by atoms with E-state index in [1.54, 1.807) is 5.38 Å². The van der Waals surface area contributed by atoms with Crippen molar-refractivity contribution in [1.82, 2.24) is 19.5 Å². The number of fused-ring (bicyclic) bond motifs is 1. The fourth-order valence-electron chi connectivity index (χ4n) is 4.28. The van der Waals surface area contributed by atoms with Crippen molar-refractivity contribution in [1.29, 1.82) is 0 Å². The van der Waals surface area contributed by atoms with E-state index >= 15 is 0 Å². The maximum atomic E-state index is 12.8.